The summed E-state index contributed by atoms with van der Waals surface area (Å²) < 4.78 is 0. The van der Waals surface area contributed by atoms with Crippen molar-refractivity contribution >= 4 is 17.8 Å². The molecule has 0 unspecified atom stereocenters. The zero-order valence-corrected chi connectivity index (χ0v) is 13.3. The Morgan fingerprint density at radius 3 is 2.45 bits per heavy atom. The van der Waals surface area contributed by atoms with E-state index in [4.69, 9.17) is 0 Å². The third-order valence-corrected chi connectivity index (χ3v) is 4.39. The van der Waals surface area contributed by atoms with Crippen LogP contribution in [-0.4, -0.2) is 12.5 Å². The van der Waals surface area contributed by atoms with Crippen molar-refractivity contribution in [1.82, 2.24) is 0 Å². The molecule has 3 nitrogen and oxygen atoms in total. The smallest absolute Gasteiger partial charge is 0.214 e. The van der Waals surface area contributed by atoms with Gasteiger partial charge in [-0.2, -0.15) is 0 Å². The number of nitrogens with zero attached hydrogens (tertiary/aromatic N) is 1. The molecule has 3 heteroatoms. The van der Waals surface area contributed by atoms with Gasteiger partial charge in [-0.15, -0.1) is 0 Å². The largest absolute Gasteiger partial charge is 0.378 e. The zero-order valence-electron chi connectivity index (χ0n) is 13.3. The van der Waals surface area contributed by atoms with Gasteiger partial charge in [0, 0.05) is 17.4 Å². The van der Waals surface area contributed by atoms with Crippen molar-refractivity contribution in [2.24, 2.45) is 0 Å². The van der Waals surface area contributed by atoms with Crippen molar-refractivity contribution in [3.05, 3.63) is 59.2 Å². The maximum Gasteiger partial charge on any atom is 0.214 e. The highest BCUT2D eigenvalue weighted by atomic mass is 16.1. The number of amides is 1. The fourth-order valence-electron chi connectivity index (χ4n) is 3.16. The SMILES string of the molecule is Cc1ccc(N[C@H]2C[C@H](C)N(C=O)c3ccc(C)cc32)cc1. The van der Waals surface area contributed by atoms with E-state index in [-0.39, 0.29) is 12.1 Å². The predicted molar refractivity (Wildman–Crippen MR) is 91.3 cm³/mol. The van der Waals surface area contributed by atoms with Gasteiger partial charge in [-0.1, -0.05) is 35.4 Å². The van der Waals surface area contributed by atoms with Crippen molar-refractivity contribution < 1.29 is 4.79 Å². The van der Waals surface area contributed by atoms with Gasteiger partial charge >= 0.3 is 0 Å². The van der Waals surface area contributed by atoms with E-state index in [0.717, 1.165) is 24.2 Å². The van der Waals surface area contributed by atoms with E-state index in [1.165, 1.54) is 16.7 Å². The fourth-order valence-corrected chi connectivity index (χ4v) is 3.16. The molecule has 114 valence electrons. The summed E-state index contributed by atoms with van der Waals surface area (Å²) in [6.45, 7) is 6.28. The minimum Gasteiger partial charge on any atom is -0.378 e. The topological polar surface area (TPSA) is 32.3 Å². The summed E-state index contributed by atoms with van der Waals surface area (Å²) in [4.78, 5) is 13.3. The van der Waals surface area contributed by atoms with E-state index in [0.29, 0.717) is 0 Å². The lowest BCUT2D eigenvalue weighted by Gasteiger charge is -2.38. The van der Waals surface area contributed by atoms with Crippen molar-refractivity contribution in [2.45, 2.75) is 39.3 Å². The van der Waals surface area contributed by atoms with Gasteiger partial charge in [0.25, 0.3) is 0 Å². The van der Waals surface area contributed by atoms with Gasteiger partial charge in [-0.05, 0) is 51.0 Å². The molecule has 0 bridgehead atoms. The van der Waals surface area contributed by atoms with Crippen LogP contribution in [0.2, 0.25) is 0 Å². The van der Waals surface area contributed by atoms with Crippen LogP contribution in [0.1, 0.15) is 36.1 Å². The Labute approximate surface area is 132 Å². The summed E-state index contributed by atoms with van der Waals surface area (Å²) in [5.41, 5.74) is 5.81. The monoisotopic (exact) mass is 294 g/mol. The average Bonchev–Trinajstić information content (AvgIpc) is 2.50. The molecule has 1 amide bonds. The normalized spacial score (nSPS) is 20.4. The molecular formula is C19H22N2O. The maximum absolute atomic E-state index is 11.4. The highest BCUT2D eigenvalue weighted by Crippen LogP contribution is 2.38. The molecule has 0 radical (unpaired) electrons. The lowest BCUT2D eigenvalue weighted by molar-refractivity contribution is -0.107. The summed E-state index contributed by atoms with van der Waals surface area (Å²) in [7, 11) is 0. The van der Waals surface area contributed by atoms with Crippen LogP contribution in [0.4, 0.5) is 11.4 Å². The first kappa shape index (κ1) is 14.6. The number of anilines is 2. The van der Waals surface area contributed by atoms with Gasteiger partial charge < -0.3 is 10.2 Å². The number of fused-ring (bicyclic) bond motifs is 1. The Hall–Kier alpha value is -2.29. The van der Waals surface area contributed by atoms with E-state index < -0.39 is 0 Å². The minimum absolute atomic E-state index is 0.190. The Balaban J connectivity index is 1.96. The van der Waals surface area contributed by atoms with Crippen molar-refractivity contribution in [2.75, 3.05) is 10.2 Å². The standard InChI is InChI=1S/C19H22N2O/c1-13-4-7-16(8-5-13)20-18-11-15(3)21(12-22)19-9-6-14(2)10-17(18)19/h4-10,12,15,18,20H,11H2,1-3H3/t15-,18-/m0/s1. The van der Waals surface area contributed by atoms with Crippen LogP contribution >= 0.6 is 0 Å². The van der Waals surface area contributed by atoms with E-state index in [9.17, 15) is 4.79 Å². The Morgan fingerprint density at radius 1 is 1.09 bits per heavy atom. The van der Waals surface area contributed by atoms with Crippen molar-refractivity contribution in [3.8, 4) is 0 Å². The van der Waals surface area contributed by atoms with Gasteiger partial charge in [0.15, 0.2) is 0 Å². The molecule has 0 saturated carbocycles. The molecule has 1 aliphatic rings. The minimum atomic E-state index is 0.190. The maximum atomic E-state index is 11.4. The number of hydrogen-bond acceptors (Lipinski definition) is 2. The third kappa shape index (κ3) is 2.71. The molecule has 2 atom stereocenters. The molecule has 3 rings (SSSR count). The van der Waals surface area contributed by atoms with Crippen LogP contribution in [0, 0.1) is 13.8 Å². The number of aryl methyl sites for hydroxylation is 2. The molecule has 0 saturated heterocycles. The van der Waals surface area contributed by atoms with Crippen LogP contribution in [0.3, 0.4) is 0 Å². The van der Waals surface area contributed by atoms with Gasteiger partial charge in [0.05, 0.1) is 6.04 Å². The Morgan fingerprint density at radius 2 is 1.77 bits per heavy atom. The molecule has 0 fully saturated rings. The van der Waals surface area contributed by atoms with Gasteiger partial charge in [-0.25, -0.2) is 0 Å². The average molecular weight is 294 g/mol. The van der Waals surface area contributed by atoms with E-state index in [1.807, 2.05) is 4.90 Å². The first-order chi connectivity index (χ1) is 10.6. The van der Waals surface area contributed by atoms with Crippen LogP contribution in [0.5, 0.6) is 0 Å². The van der Waals surface area contributed by atoms with Crippen molar-refractivity contribution in [3.63, 3.8) is 0 Å². The fraction of sp³-hybridized carbons (Fsp3) is 0.316. The summed E-state index contributed by atoms with van der Waals surface area (Å²) in [5, 5.41) is 3.62. The van der Waals surface area contributed by atoms with Crippen LogP contribution in [0.15, 0.2) is 42.5 Å². The van der Waals surface area contributed by atoms with Crippen LogP contribution < -0.4 is 10.2 Å². The number of hydrogen-bond donors (Lipinski definition) is 1. The second-order valence-electron chi connectivity index (χ2n) is 6.22. The van der Waals surface area contributed by atoms with E-state index in [1.54, 1.807) is 0 Å². The lowest BCUT2D eigenvalue weighted by Crippen LogP contribution is -2.39. The number of benzene rings is 2. The second-order valence-corrected chi connectivity index (χ2v) is 6.22. The predicted octanol–water partition coefficient (Wildman–Crippen LogP) is 4.21. The highest BCUT2D eigenvalue weighted by Gasteiger charge is 2.29. The van der Waals surface area contributed by atoms with Crippen LogP contribution in [0.25, 0.3) is 0 Å². The molecule has 0 spiro atoms. The molecule has 2 aromatic rings. The first-order valence-electron chi connectivity index (χ1n) is 7.76. The summed E-state index contributed by atoms with van der Waals surface area (Å²) >= 11 is 0. The summed E-state index contributed by atoms with van der Waals surface area (Å²) in [6, 6.07) is 15.2. The van der Waals surface area contributed by atoms with E-state index >= 15 is 0 Å². The number of rotatable bonds is 3. The number of carbonyl (C=O) groups excluding carboxylic acids is 1. The molecular weight excluding hydrogens is 272 g/mol. The first-order valence-corrected chi connectivity index (χ1v) is 7.76. The van der Waals surface area contributed by atoms with Crippen molar-refractivity contribution in [1.29, 1.82) is 0 Å². The third-order valence-electron chi connectivity index (χ3n) is 4.39. The molecule has 1 aliphatic heterocycles. The molecule has 0 aliphatic carbocycles. The molecule has 1 N–H and O–H groups in total. The summed E-state index contributed by atoms with van der Waals surface area (Å²) in [6.07, 6.45) is 1.85. The molecule has 2 aromatic carbocycles. The zero-order chi connectivity index (χ0) is 15.7. The Bertz CT molecular complexity index is 678. The van der Waals surface area contributed by atoms with Gasteiger partial charge in [-0.3, -0.25) is 4.79 Å². The molecule has 22 heavy (non-hydrogen) atoms. The van der Waals surface area contributed by atoms with Crippen LogP contribution in [-0.2, 0) is 4.79 Å². The van der Waals surface area contributed by atoms with Gasteiger partial charge in [0.2, 0.25) is 6.41 Å². The van der Waals surface area contributed by atoms with Gasteiger partial charge in [0.1, 0.15) is 0 Å². The second kappa shape index (κ2) is 5.84. The number of nitrogens with one attached hydrogen (secondary N) is 1. The lowest BCUT2D eigenvalue weighted by atomic mass is 9.90. The van der Waals surface area contributed by atoms with E-state index in [2.05, 4.69) is 68.6 Å². The summed E-state index contributed by atoms with van der Waals surface area (Å²) in [5.74, 6) is 0. The quantitative estimate of drug-likeness (QED) is 0.860. The molecule has 1 heterocycles. The number of carbonyl (C=O) groups is 1. The molecule has 0 aromatic heterocycles. The highest BCUT2D eigenvalue weighted by molar-refractivity contribution is 5.80. The Kier molecular flexibility index (Phi) is 3.88.